The summed E-state index contributed by atoms with van der Waals surface area (Å²) in [6.07, 6.45) is 9.24. The van der Waals surface area contributed by atoms with Crippen molar-refractivity contribution < 1.29 is 4.74 Å². The smallest absolute Gasteiger partial charge is 0.0738 e. The fraction of sp³-hybridized carbons (Fsp3) is 0.846. The third kappa shape index (κ3) is 3.96. The first kappa shape index (κ1) is 12.7. The lowest BCUT2D eigenvalue weighted by Crippen LogP contribution is -2.39. The van der Waals surface area contributed by atoms with Crippen LogP contribution in [0, 0.1) is 0 Å². The normalized spacial score (nSPS) is 21.7. The molecule has 88 valence electrons. The van der Waals surface area contributed by atoms with Gasteiger partial charge in [0.1, 0.15) is 0 Å². The Morgan fingerprint density at radius 3 is 2.87 bits per heavy atom. The van der Waals surface area contributed by atoms with Crippen LogP contribution < -0.4 is 5.32 Å². The molecule has 2 atom stereocenters. The summed E-state index contributed by atoms with van der Waals surface area (Å²) in [6, 6.07) is 0.406. The van der Waals surface area contributed by atoms with Gasteiger partial charge < -0.3 is 10.1 Å². The maximum absolute atomic E-state index is 5.69. The third-order valence-corrected chi connectivity index (χ3v) is 3.19. The van der Waals surface area contributed by atoms with E-state index < -0.39 is 0 Å². The van der Waals surface area contributed by atoms with Crippen LogP contribution in [-0.4, -0.2) is 25.8 Å². The summed E-state index contributed by atoms with van der Waals surface area (Å²) >= 11 is 0. The molecule has 2 nitrogen and oxygen atoms in total. The molecule has 0 radical (unpaired) electrons. The average Bonchev–Trinajstić information content (AvgIpc) is 2.48. The molecule has 0 saturated heterocycles. The van der Waals surface area contributed by atoms with E-state index in [4.69, 9.17) is 4.74 Å². The molecule has 0 saturated carbocycles. The second-order valence-corrected chi connectivity index (χ2v) is 4.31. The fourth-order valence-corrected chi connectivity index (χ4v) is 2.40. The number of nitrogens with one attached hydrogen (secondary N) is 1. The Bertz CT molecular complexity index is 201. The summed E-state index contributed by atoms with van der Waals surface area (Å²) < 4.78 is 5.69. The van der Waals surface area contributed by atoms with Crippen LogP contribution in [0.2, 0.25) is 0 Å². The van der Waals surface area contributed by atoms with E-state index >= 15 is 0 Å². The topological polar surface area (TPSA) is 21.3 Å². The second kappa shape index (κ2) is 7.02. The molecule has 0 aromatic rings. The molecule has 1 aliphatic carbocycles. The van der Waals surface area contributed by atoms with Crippen LogP contribution in [-0.2, 0) is 4.74 Å². The monoisotopic (exact) mass is 211 g/mol. The summed E-state index contributed by atoms with van der Waals surface area (Å²) in [5.74, 6) is 0. The van der Waals surface area contributed by atoms with E-state index in [9.17, 15) is 0 Å². The van der Waals surface area contributed by atoms with Crippen molar-refractivity contribution >= 4 is 0 Å². The largest absolute Gasteiger partial charge is 0.377 e. The first-order valence-corrected chi connectivity index (χ1v) is 6.27. The van der Waals surface area contributed by atoms with Gasteiger partial charge >= 0.3 is 0 Å². The summed E-state index contributed by atoms with van der Waals surface area (Å²) in [4.78, 5) is 0. The molecule has 1 aliphatic rings. The van der Waals surface area contributed by atoms with Crippen molar-refractivity contribution in [3.8, 4) is 0 Å². The number of likely N-dealkylation sites (N-methyl/N-ethyl adjacent to an activating group) is 1. The quantitative estimate of drug-likeness (QED) is 0.706. The molecule has 2 heteroatoms. The van der Waals surface area contributed by atoms with E-state index in [1.165, 1.54) is 32.1 Å². The van der Waals surface area contributed by atoms with Gasteiger partial charge in [0.2, 0.25) is 0 Å². The highest BCUT2D eigenvalue weighted by molar-refractivity contribution is 5.13. The Labute approximate surface area is 94.1 Å². The summed E-state index contributed by atoms with van der Waals surface area (Å²) in [7, 11) is 2.03. The SMILES string of the molecule is CCOC(C)C(NC)C1=CCCCCC1. The van der Waals surface area contributed by atoms with Gasteiger partial charge in [-0.15, -0.1) is 0 Å². The van der Waals surface area contributed by atoms with Gasteiger partial charge in [-0.25, -0.2) is 0 Å². The van der Waals surface area contributed by atoms with E-state index in [1.54, 1.807) is 5.57 Å². The lowest BCUT2D eigenvalue weighted by molar-refractivity contribution is 0.0576. The van der Waals surface area contributed by atoms with E-state index in [0.717, 1.165) is 6.61 Å². The molecule has 0 aliphatic heterocycles. The van der Waals surface area contributed by atoms with Crippen molar-refractivity contribution in [3.63, 3.8) is 0 Å². The van der Waals surface area contributed by atoms with Crippen LogP contribution in [0.3, 0.4) is 0 Å². The number of rotatable bonds is 5. The number of hydrogen-bond donors (Lipinski definition) is 1. The zero-order valence-electron chi connectivity index (χ0n) is 10.4. The highest BCUT2D eigenvalue weighted by Crippen LogP contribution is 2.22. The standard InChI is InChI=1S/C13H25NO/c1-4-15-11(2)13(14-3)12-9-7-5-6-8-10-12/h9,11,13-14H,4-8,10H2,1-3H3. The van der Waals surface area contributed by atoms with Gasteiger partial charge in [0.05, 0.1) is 12.1 Å². The molecule has 15 heavy (non-hydrogen) atoms. The van der Waals surface area contributed by atoms with Gasteiger partial charge in [-0.3, -0.25) is 0 Å². The van der Waals surface area contributed by atoms with Crippen molar-refractivity contribution in [2.75, 3.05) is 13.7 Å². The Hall–Kier alpha value is -0.340. The van der Waals surface area contributed by atoms with Crippen LogP contribution in [0.15, 0.2) is 11.6 Å². The summed E-state index contributed by atoms with van der Waals surface area (Å²) in [5.41, 5.74) is 1.55. The van der Waals surface area contributed by atoms with Crippen molar-refractivity contribution in [3.05, 3.63) is 11.6 Å². The Morgan fingerprint density at radius 1 is 1.40 bits per heavy atom. The first-order chi connectivity index (χ1) is 7.29. The average molecular weight is 211 g/mol. The fourth-order valence-electron chi connectivity index (χ4n) is 2.40. The number of allylic oxidation sites excluding steroid dienone is 1. The maximum Gasteiger partial charge on any atom is 0.0738 e. The van der Waals surface area contributed by atoms with Crippen LogP contribution in [0.25, 0.3) is 0 Å². The molecule has 2 unspecified atom stereocenters. The second-order valence-electron chi connectivity index (χ2n) is 4.31. The van der Waals surface area contributed by atoms with E-state index in [2.05, 4.69) is 25.2 Å². The van der Waals surface area contributed by atoms with Gasteiger partial charge in [-0.05, 0) is 46.6 Å². The van der Waals surface area contributed by atoms with Crippen LogP contribution in [0.1, 0.15) is 46.0 Å². The molecule has 0 heterocycles. The Kier molecular flexibility index (Phi) is 5.96. The molecule has 0 fully saturated rings. The first-order valence-electron chi connectivity index (χ1n) is 6.27. The molecule has 0 amide bonds. The van der Waals surface area contributed by atoms with Crippen LogP contribution in [0.5, 0.6) is 0 Å². The van der Waals surface area contributed by atoms with E-state index in [0.29, 0.717) is 6.04 Å². The Morgan fingerprint density at radius 2 is 2.20 bits per heavy atom. The highest BCUT2D eigenvalue weighted by atomic mass is 16.5. The third-order valence-electron chi connectivity index (χ3n) is 3.19. The van der Waals surface area contributed by atoms with Gasteiger partial charge in [0.15, 0.2) is 0 Å². The van der Waals surface area contributed by atoms with E-state index in [-0.39, 0.29) is 6.10 Å². The number of ether oxygens (including phenoxy) is 1. The van der Waals surface area contributed by atoms with Gasteiger partial charge in [0, 0.05) is 6.61 Å². The lowest BCUT2D eigenvalue weighted by atomic mass is 9.98. The van der Waals surface area contributed by atoms with Crippen molar-refractivity contribution in [2.24, 2.45) is 0 Å². The molecule has 1 rings (SSSR count). The van der Waals surface area contributed by atoms with E-state index in [1.807, 2.05) is 7.05 Å². The maximum atomic E-state index is 5.69. The van der Waals surface area contributed by atoms with Gasteiger partial charge in [0.25, 0.3) is 0 Å². The zero-order chi connectivity index (χ0) is 11.1. The molecule has 0 spiro atoms. The van der Waals surface area contributed by atoms with Gasteiger partial charge in [-0.1, -0.05) is 18.1 Å². The van der Waals surface area contributed by atoms with Crippen LogP contribution in [0.4, 0.5) is 0 Å². The van der Waals surface area contributed by atoms with Crippen LogP contribution >= 0.6 is 0 Å². The van der Waals surface area contributed by atoms with Crippen molar-refractivity contribution in [1.29, 1.82) is 0 Å². The van der Waals surface area contributed by atoms with Crippen molar-refractivity contribution in [2.45, 2.75) is 58.1 Å². The molecular formula is C13H25NO. The minimum Gasteiger partial charge on any atom is -0.377 e. The molecule has 0 bridgehead atoms. The molecule has 0 aromatic carbocycles. The van der Waals surface area contributed by atoms with Crippen molar-refractivity contribution in [1.82, 2.24) is 5.32 Å². The minimum absolute atomic E-state index is 0.282. The number of hydrogen-bond acceptors (Lipinski definition) is 2. The molecular weight excluding hydrogens is 186 g/mol. The minimum atomic E-state index is 0.282. The zero-order valence-corrected chi connectivity index (χ0v) is 10.4. The molecule has 0 aromatic heterocycles. The summed E-state index contributed by atoms with van der Waals surface area (Å²) in [6.45, 7) is 5.02. The van der Waals surface area contributed by atoms with Gasteiger partial charge in [-0.2, -0.15) is 0 Å². The predicted octanol–water partition coefficient (Wildman–Crippen LogP) is 2.89. The highest BCUT2D eigenvalue weighted by Gasteiger charge is 2.20. The molecule has 1 N–H and O–H groups in total. The predicted molar refractivity (Wildman–Crippen MR) is 65.1 cm³/mol. The Balaban J connectivity index is 2.58. The lowest BCUT2D eigenvalue weighted by Gasteiger charge is -2.26. The summed E-state index contributed by atoms with van der Waals surface area (Å²) in [5, 5.41) is 3.39.